The van der Waals surface area contributed by atoms with E-state index in [2.05, 4.69) is 10.5 Å². The van der Waals surface area contributed by atoms with Crippen LogP contribution in [0, 0.1) is 15.9 Å². The van der Waals surface area contributed by atoms with Crippen LogP contribution < -0.4 is 5.43 Å². The Morgan fingerprint density at radius 3 is 2.37 bits per heavy atom. The molecule has 8 nitrogen and oxygen atoms in total. The van der Waals surface area contributed by atoms with Gasteiger partial charge in [0.1, 0.15) is 11.5 Å². The quantitative estimate of drug-likeness (QED) is 0.420. The second-order valence-corrected chi connectivity index (χ2v) is 7.38. The zero-order valence-corrected chi connectivity index (χ0v) is 15.6. The highest BCUT2D eigenvalue weighted by Crippen LogP contribution is 2.29. The van der Waals surface area contributed by atoms with E-state index in [1.165, 1.54) is 46.9 Å². The average molecular weight is 394 g/mol. The van der Waals surface area contributed by atoms with Gasteiger partial charge in [0, 0.05) is 19.2 Å². The molecule has 2 aromatic rings. The van der Waals surface area contributed by atoms with Crippen molar-refractivity contribution < 1.29 is 17.7 Å². The number of nitro benzene ring substituents is 1. The largest absolute Gasteiger partial charge is 0.295 e. The smallest absolute Gasteiger partial charge is 0.272 e. The third-order valence-corrected chi connectivity index (χ3v) is 5.82. The summed E-state index contributed by atoms with van der Waals surface area (Å²) in [5.41, 5.74) is 2.73. The van der Waals surface area contributed by atoms with Crippen molar-refractivity contribution in [2.24, 2.45) is 5.10 Å². The van der Waals surface area contributed by atoms with Crippen molar-refractivity contribution in [3.8, 4) is 0 Å². The first-order chi connectivity index (χ1) is 12.8. The maximum Gasteiger partial charge on any atom is 0.295 e. The average Bonchev–Trinajstić information content (AvgIpc) is 2.64. The topological polar surface area (TPSA) is 105 Å². The SMILES string of the molecule is CCN(CC)S(=O)(=O)c1ccc(N/N=C/c2ccc(F)cc2)c([N+](=O)[O-])c1. The zero-order valence-electron chi connectivity index (χ0n) is 14.8. The number of sulfonamides is 1. The number of nitrogens with zero attached hydrogens (tertiary/aromatic N) is 3. The lowest BCUT2D eigenvalue weighted by Crippen LogP contribution is -2.30. The summed E-state index contributed by atoms with van der Waals surface area (Å²) in [7, 11) is -3.81. The normalized spacial score (nSPS) is 11.9. The van der Waals surface area contributed by atoms with Crippen LogP contribution in [0.25, 0.3) is 0 Å². The van der Waals surface area contributed by atoms with Gasteiger partial charge in [0.2, 0.25) is 10.0 Å². The monoisotopic (exact) mass is 394 g/mol. The van der Waals surface area contributed by atoms with Gasteiger partial charge in [-0.15, -0.1) is 0 Å². The summed E-state index contributed by atoms with van der Waals surface area (Å²) in [4.78, 5) is 10.5. The van der Waals surface area contributed by atoms with Crippen molar-refractivity contribution in [1.82, 2.24) is 4.31 Å². The van der Waals surface area contributed by atoms with Gasteiger partial charge in [0.05, 0.1) is 16.0 Å². The summed E-state index contributed by atoms with van der Waals surface area (Å²) in [6.45, 7) is 3.90. The lowest BCUT2D eigenvalue weighted by Gasteiger charge is -2.18. The number of benzene rings is 2. The molecule has 0 unspecified atom stereocenters. The fraction of sp³-hybridized carbons (Fsp3) is 0.235. The minimum Gasteiger partial charge on any atom is -0.272 e. The van der Waals surface area contributed by atoms with Crippen molar-refractivity contribution in [3.05, 3.63) is 64.0 Å². The van der Waals surface area contributed by atoms with Crippen LogP contribution in [-0.4, -0.2) is 37.0 Å². The van der Waals surface area contributed by atoms with Crippen molar-refractivity contribution in [3.63, 3.8) is 0 Å². The predicted octanol–water partition coefficient (Wildman–Crippen LogP) is 3.21. The molecule has 0 fully saturated rings. The summed E-state index contributed by atoms with van der Waals surface area (Å²) in [6.07, 6.45) is 1.36. The third kappa shape index (κ3) is 4.86. The fourth-order valence-electron chi connectivity index (χ4n) is 2.36. The number of nitrogens with one attached hydrogen (secondary N) is 1. The molecule has 0 atom stereocenters. The minimum atomic E-state index is -3.81. The van der Waals surface area contributed by atoms with Gasteiger partial charge < -0.3 is 0 Å². The Morgan fingerprint density at radius 1 is 1.19 bits per heavy atom. The Kier molecular flexibility index (Phi) is 6.59. The number of hydrogen-bond acceptors (Lipinski definition) is 6. The molecule has 0 amide bonds. The van der Waals surface area contributed by atoms with E-state index in [0.717, 1.165) is 6.07 Å². The van der Waals surface area contributed by atoms with Crippen LogP contribution in [-0.2, 0) is 10.0 Å². The first-order valence-corrected chi connectivity index (χ1v) is 9.56. The number of nitro groups is 1. The Bertz CT molecular complexity index is 942. The van der Waals surface area contributed by atoms with Crippen LogP contribution in [0.15, 0.2) is 52.5 Å². The van der Waals surface area contributed by atoms with E-state index in [4.69, 9.17) is 0 Å². The summed E-state index contributed by atoms with van der Waals surface area (Å²) in [6, 6.07) is 9.09. The van der Waals surface area contributed by atoms with E-state index in [0.29, 0.717) is 5.56 Å². The first-order valence-electron chi connectivity index (χ1n) is 8.12. The summed E-state index contributed by atoms with van der Waals surface area (Å²) in [5.74, 6) is -0.388. The highest BCUT2D eigenvalue weighted by Gasteiger charge is 2.25. The number of hydrogen-bond donors (Lipinski definition) is 1. The maximum absolute atomic E-state index is 12.9. The molecule has 10 heteroatoms. The maximum atomic E-state index is 12.9. The molecule has 0 saturated heterocycles. The molecule has 2 aromatic carbocycles. The van der Waals surface area contributed by atoms with Gasteiger partial charge >= 0.3 is 0 Å². The van der Waals surface area contributed by atoms with Gasteiger partial charge in [-0.25, -0.2) is 12.8 Å². The van der Waals surface area contributed by atoms with Crippen molar-refractivity contribution in [2.45, 2.75) is 18.7 Å². The number of anilines is 1. The number of hydrazone groups is 1. The van der Waals surface area contributed by atoms with Gasteiger partial charge in [0.15, 0.2) is 0 Å². The summed E-state index contributed by atoms with van der Waals surface area (Å²) in [5, 5.41) is 15.2. The molecule has 0 aliphatic carbocycles. The molecule has 0 aromatic heterocycles. The van der Waals surface area contributed by atoms with E-state index >= 15 is 0 Å². The van der Waals surface area contributed by atoms with Gasteiger partial charge in [-0.1, -0.05) is 26.0 Å². The van der Waals surface area contributed by atoms with E-state index in [1.54, 1.807) is 13.8 Å². The Hall–Kier alpha value is -2.85. The number of rotatable bonds is 8. The second kappa shape index (κ2) is 8.69. The lowest BCUT2D eigenvalue weighted by molar-refractivity contribution is -0.384. The summed E-state index contributed by atoms with van der Waals surface area (Å²) >= 11 is 0. The van der Waals surface area contributed by atoms with Gasteiger partial charge in [-0.2, -0.15) is 9.41 Å². The van der Waals surface area contributed by atoms with Crippen LogP contribution in [0.1, 0.15) is 19.4 Å². The molecule has 144 valence electrons. The molecule has 0 saturated carbocycles. The molecule has 0 heterocycles. The van der Waals surface area contributed by atoms with Crippen molar-refractivity contribution in [1.29, 1.82) is 0 Å². The zero-order chi connectivity index (χ0) is 20.0. The first kappa shape index (κ1) is 20.5. The van der Waals surface area contributed by atoms with E-state index < -0.39 is 20.6 Å². The van der Waals surface area contributed by atoms with Crippen LogP contribution in [0.2, 0.25) is 0 Å². The van der Waals surface area contributed by atoms with Crippen molar-refractivity contribution >= 4 is 27.6 Å². The molecule has 0 bridgehead atoms. The molecule has 0 spiro atoms. The Morgan fingerprint density at radius 2 is 1.81 bits per heavy atom. The molecule has 1 N–H and O–H groups in total. The lowest BCUT2D eigenvalue weighted by atomic mass is 10.2. The second-order valence-electron chi connectivity index (χ2n) is 5.45. The van der Waals surface area contributed by atoms with Gasteiger partial charge in [-0.05, 0) is 29.8 Å². The third-order valence-electron chi connectivity index (χ3n) is 3.78. The molecule has 0 aliphatic heterocycles. The van der Waals surface area contributed by atoms with E-state index in [9.17, 15) is 22.9 Å². The van der Waals surface area contributed by atoms with E-state index in [-0.39, 0.29) is 29.5 Å². The van der Waals surface area contributed by atoms with Crippen LogP contribution in [0.5, 0.6) is 0 Å². The van der Waals surface area contributed by atoms with Crippen LogP contribution in [0.4, 0.5) is 15.8 Å². The molecular weight excluding hydrogens is 375 g/mol. The minimum absolute atomic E-state index is 0.0388. The molecule has 2 rings (SSSR count). The Balaban J connectivity index is 2.30. The number of halogens is 1. The standard InChI is InChI=1S/C17H19FN4O4S/c1-3-21(4-2)27(25,26)15-9-10-16(17(11-15)22(23)24)20-19-12-13-5-7-14(18)8-6-13/h5-12,20H,3-4H2,1-2H3/b19-12+. The molecule has 27 heavy (non-hydrogen) atoms. The van der Waals surface area contributed by atoms with Gasteiger partial charge in [-0.3, -0.25) is 15.5 Å². The molecule has 0 aliphatic rings. The van der Waals surface area contributed by atoms with E-state index in [1.807, 2.05) is 0 Å². The summed E-state index contributed by atoms with van der Waals surface area (Å²) < 4.78 is 39.1. The van der Waals surface area contributed by atoms with Crippen LogP contribution >= 0.6 is 0 Å². The fourth-order valence-corrected chi connectivity index (χ4v) is 3.83. The predicted molar refractivity (Wildman–Crippen MR) is 101 cm³/mol. The Labute approximate surface area is 156 Å². The molecular formula is C17H19FN4O4S. The highest BCUT2D eigenvalue weighted by molar-refractivity contribution is 7.89. The van der Waals surface area contributed by atoms with Gasteiger partial charge in [0.25, 0.3) is 5.69 Å². The van der Waals surface area contributed by atoms with Crippen LogP contribution in [0.3, 0.4) is 0 Å². The molecule has 0 radical (unpaired) electrons. The van der Waals surface area contributed by atoms with Crippen molar-refractivity contribution in [2.75, 3.05) is 18.5 Å². The highest BCUT2D eigenvalue weighted by atomic mass is 32.2.